The van der Waals surface area contributed by atoms with Crippen LogP contribution in [-0.2, 0) is 10.0 Å². The second kappa shape index (κ2) is 2.94. The summed E-state index contributed by atoms with van der Waals surface area (Å²) in [5, 5.41) is 0.852. The molecule has 0 aliphatic rings. The van der Waals surface area contributed by atoms with Crippen molar-refractivity contribution in [1.29, 1.82) is 0 Å². The van der Waals surface area contributed by atoms with E-state index in [1.807, 2.05) is 0 Å². The van der Waals surface area contributed by atoms with Crippen LogP contribution in [-0.4, -0.2) is 13.3 Å². The minimum absolute atomic E-state index is 0.729. The van der Waals surface area contributed by atoms with Gasteiger partial charge in [-0.25, -0.2) is 8.42 Å². The molecule has 1 N–H and O–H groups in total. The Morgan fingerprint density at radius 3 is 2.10 bits per heavy atom. The lowest BCUT2D eigenvalue weighted by Gasteiger charge is -2.17. The van der Waals surface area contributed by atoms with Crippen molar-refractivity contribution in [2.45, 2.75) is 18.7 Å². The number of nitrogens with one attached hydrogen (secondary N) is 1. The molecular formula is C5H11NO2S2. The predicted molar refractivity (Wildman–Crippen MR) is 45.3 cm³/mol. The van der Waals surface area contributed by atoms with E-state index in [4.69, 9.17) is 0 Å². The average Bonchev–Trinajstić information content (AvgIpc) is 1.60. The molecule has 0 spiro atoms. The molecule has 0 heterocycles. The summed E-state index contributed by atoms with van der Waals surface area (Å²) in [6.45, 7) is 6.40. The zero-order chi connectivity index (χ0) is 8.41. The van der Waals surface area contributed by atoms with Crippen LogP contribution in [0, 0.1) is 0 Å². The number of thiol groups is 1. The highest BCUT2D eigenvalue weighted by Gasteiger charge is 2.17. The van der Waals surface area contributed by atoms with Gasteiger partial charge in [-0.2, -0.15) is 17.4 Å². The summed E-state index contributed by atoms with van der Waals surface area (Å²) in [7, 11) is -3.34. The van der Waals surface area contributed by atoms with E-state index in [1.165, 1.54) is 0 Å². The summed E-state index contributed by atoms with van der Waals surface area (Å²) in [6.07, 6.45) is 0. The fourth-order valence-corrected chi connectivity index (χ4v) is 1.55. The van der Waals surface area contributed by atoms with Crippen LogP contribution in [0.5, 0.6) is 0 Å². The van der Waals surface area contributed by atoms with Crippen LogP contribution in [0.25, 0.3) is 0 Å². The summed E-state index contributed by atoms with van der Waals surface area (Å²) in [4.78, 5) is -0.729. The number of rotatable bonds is 3. The van der Waals surface area contributed by atoms with Gasteiger partial charge < -0.3 is 0 Å². The van der Waals surface area contributed by atoms with Crippen LogP contribution in [0.2, 0.25) is 0 Å². The number of sulfonamides is 1. The first-order valence-electron chi connectivity index (χ1n) is 2.66. The third-order valence-electron chi connectivity index (χ3n) is 0.611. The molecule has 0 aliphatic heterocycles. The Hall–Kier alpha value is -0.0000000000000000555. The molecular weight excluding hydrogens is 170 g/mol. The third-order valence-corrected chi connectivity index (χ3v) is 2.11. The first kappa shape index (κ1) is 10.0. The van der Waals surface area contributed by atoms with Crippen LogP contribution in [0.1, 0.15) is 13.8 Å². The summed E-state index contributed by atoms with van der Waals surface area (Å²) in [5.74, 6) is 0. The Labute approximate surface area is 67.0 Å². The molecule has 0 rings (SSSR count). The predicted octanol–water partition coefficient (Wildman–Crippen LogP) is 0.715. The molecule has 0 amide bonds. The lowest BCUT2D eigenvalue weighted by atomic mass is 10.4. The van der Waals surface area contributed by atoms with E-state index in [1.54, 1.807) is 13.8 Å². The zero-order valence-corrected chi connectivity index (χ0v) is 7.67. The first-order chi connectivity index (χ1) is 4.27. The standard InChI is InChI=1S/C5H11NO2S2/c1-4-10(7,8)6-5(2,3)9/h4,6,9H,1H2,2-3H3. The van der Waals surface area contributed by atoms with E-state index in [-0.39, 0.29) is 0 Å². The van der Waals surface area contributed by atoms with Gasteiger partial charge in [-0.3, -0.25) is 0 Å². The van der Waals surface area contributed by atoms with E-state index in [9.17, 15) is 8.42 Å². The van der Waals surface area contributed by atoms with Crippen LogP contribution < -0.4 is 4.72 Å². The number of hydrogen-bond donors (Lipinski definition) is 2. The zero-order valence-electron chi connectivity index (χ0n) is 5.96. The van der Waals surface area contributed by atoms with Gasteiger partial charge in [-0.15, -0.1) is 0 Å². The largest absolute Gasteiger partial charge is 0.234 e. The van der Waals surface area contributed by atoms with Crippen LogP contribution in [0.3, 0.4) is 0 Å². The van der Waals surface area contributed by atoms with Gasteiger partial charge >= 0.3 is 0 Å². The summed E-state index contributed by atoms with van der Waals surface area (Å²) in [6, 6.07) is 0. The van der Waals surface area contributed by atoms with Crippen molar-refractivity contribution < 1.29 is 8.42 Å². The van der Waals surface area contributed by atoms with Gasteiger partial charge in [-0.1, -0.05) is 6.58 Å². The van der Waals surface area contributed by atoms with E-state index < -0.39 is 14.9 Å². The molecule has 0 aromatic rings. The highest BCUT2D eigenvalue weighted by atomic mass is 32.2. The highest BCUT2D eigenvalue weighted by molar-refractivity contribution is 7.93. The maximum absolute atomic E-state index is 10.7. The molecule has 0 bridgehead atoms. The lowest BCUT2D eigenvalue weighted by molar-refractivity contribution is 0.569. The monoisotopic (exact) mass is 181 g/mol. The van der Waals surface area contributed by atoms with Crippen molar-refractivity contribution in [2.75, 3.05) is 0 Å². The maximum atomic E-state index is 10.7. The summed E-state index contributed by atoms with van der Waals surface area (Å²) < 4.78 is 23.7. The molecule has 0 aliphatic carbocycles. The molecule has 0 radical (unpaired) electrons. The Bertz CT molecular complexity index is 212. The van der Waals surface area contributed by atoms with Gasteiger partial charge in [0, 0.05) is 5.41 Å². The highest BCUT2D eigenvalue weighted by Crippen LogP contribution is 2.08. The molecule has 0 aromatic heterocycles. The molecule has 0 saturated heterocycles. The van der Waals surface area contributed by atoms with E-state index in [0.29, 0.717) is 0 Å². The van der Waals surface area contributed by atoms with Gasteiger partial charge in [-0.05, 0) is 13.8 Å². The fourth-order valence-electron chi connectivity index (χ4n) is 0.390. The van der Waals surface area contributed by atoms with Crippen LogP contribution in [0.4, 0.5) is 0 Å². The quantitative estimate of drug-likeness (QED) is 0.497. The Morgan fingerprint density at radius 1 is 1.60 bits per heavy atom. The van der Waals surface area contributed by atoms with Gasteiger partial charge in [0.1, 0.15) is 0 Å². The van der Waals surface area contributed by atoms with E-state index >= 15 is 0 Å². The van der Waals surface area contributed by atoms with Crippen molar-refractivity contribution in [3.8, 4) is 0 Å². The Morgan fingerprint density at radius 2 is 2.00 bits per heavy atom. The normalized spacial score (nSPS) is 13.1. The Balaban J connectivity index is 4.32. The first-order valence-corrected chi connectivity index (χ1v) is 4.65. The van der Waals surface area contributed by atoms with Crippen molar-refractivity contribution in [1.82, 2.24) is 4.72 Å². The molecule has 0 aromatic carbocycles. The average molecular weight is 181 g/mol. The molecule has 60 valence electrons. The smallest absolute Gasteiger partial charge is 0.208 e. The molecule has 3 nitrogen and oxygen atoms in total. The molecule has 10 heavy (non-hydrogen) atoms. The number of hydrogen-bond acceptors (Lipinski definition) is 3. The van der Waals surface area contributed by atoms with Crippen molar-refractivity contribution in [2.24, 2.45) is 0 Å². The van der Waals surface area contributed by atoms with Crippen molar-refractivity contribution in [3.63, 3.8) is 0 Å². The van der Waals surface area contributed by atoms with Crippen molar-refractivity contribution in [3.05, 3.63) is 12.0 Å². The molecule has 0 atom stereocenters. The minimum atomic E-state index is -3.34. The lowest BCUT2D eigenvalue weighted by Crippen LogP contribution is -2.37. The van der Waals surface area contributed by atoms with Gasteiger partial charge in [0.05, 0.1) is 4.87 Å². The topological polar surface area (TPSA) is 46.2 Å². The summed E-state index contributed by atoms with van der Waals surface area (Å²) in [5.41, 5.74) is 0. The molecule has 5 heteroatoms. The third kappa shape index (κ3) is 4.84. The van der Waals surface area contributed by atoms with E-state index in [0.717, 1.165) is 5.41 Å². The fraction of sp³-hybridized carbons (Fsp3) is 0.600. The van der Waals surface area contributed by atoms with Crippen LogP contribution in [0.15, 0.2) is 12.0 Å². The molecule has 0 saturated carbocycles. The van der Waals surface area contributed by atoms with Gasteiger partial charge in [0.25, 0.3) is 0 Å². The van der Waals surface area contributed by atoms with Gasteiger partial charge in [0.15, 0.2) is 0 Å². The minimum Gasteiger partial charge on any atom is -0.208 e. The SMILES string of the molecule is C=CS(=O)(=O)NC(C)(C)S. The second-order valence-electron chi connectivity index (χ2n) is 2.37. The summed E-state index contributed by atoms with van der Waals surface area (Å²) >= 11 is 3.96. The second-order valence-corrected chi connectivity index (χ2v) is 5.12. The van der Waals surface area contributed by atoms with Gasteiger partial charge in [0.2, 0.25) is 10.0 Å². The van der Waals surface area contributed by atoms with E-state index in [2.05, 4.69) is 23.9 Å². The van der Waals surface area contributed by atoms with Crippen LogP contribution >= 0.6 is 12.6 Å². The Kier molecular flexibility index (Phi) is 2.94. The van der Waals surface area contributed by atoms with Crippen molar-refractivity contribution >= 4 is 22.7 Å². The molecule has 0 unspecified atom stereocenters. The molecule has 0 fully saturated rings. The maximum Gasteiger partial charge on any atom is 0.234 e.